The minimum Gasteiger partial charge on any atom is -0.494 e. The monoisotopic (exact) mass is 269 g/mol. The lowest BCUT2D eigenvalue weighted by molar-refractivity contribution is 0.309. The quantitative estimate of drug-likeness (QED) is 0.846. The molecule has 20 heavy (non-hydrogen) atoms. The van der Waals surface area contributed by atoms with Crippen LogP contribution in [0, 0.1) is 11.3 Å². The highest BCUT2D eigenvalue weighted by atomic mass is 16.5. The topological polar surface area (TPSA) is 78.8 Å². The first-order valence-electron chi connectivity index (χ1n) is 6.47. The van der Waals surface area contributed by atoms with Crippen molar-refractivity contribution in [2.24, 2.45) is 0 Å². The Hall–Kier alpha value is -2.61. The number of aromatic amines is 1. The second-order valence-electron chi connectivity index (χ2n) is 4.31. The first-order chi connectivity index (χ1) is 9.74. The molecule has 0 atom stereocenters. The number of nitrogens with one attached hydrogen (secondary N) is 1. The van der Waals surface area contributed by atoms with Gasteiger partial charge in [0.25, 0.3) is 5.56 Å². The van der Waals surface area contributed by atoms with E-state index in [4.69, 9.17) is 10.00 Å². The zero-order chi connectivity index (χ0) is 14.4. The largest absolute Gasteiger partial charge is 0.494 e. The van der Waals surface area contributed by atoms with Crippen molar-refractivity contribution in [2.45, 2.75) is 19.8 Å². The van der Waals surface area contributed by atoms with Gasteiger partial charge in [-0.3, -0.25) is 4.79 Å². The van der Waals surface area contributed by atoms with Crippen molar-refractivity contribution in [3.05, 3.63) is 46.4 Å². The fourth-order valence-electron chi connectivity index (χ4n) is 1.66. The maximum absolute atomic E-state index is 11.5. The van der Waals surface area contributed by atoms with Gasteiger partial charge in [-0.1, -0.05) is 13.3 Å². The SMILES string of the molecule is CCCCOc1ccc(-c2ncc(C#N)c(=O)[nH]2)cc1. The number of ether oxygens (including phenoxy) is 1. The molecule has 1 heterocycles. The van der Waals surface area contributed by atoms with Gasteiger partial charge in [0.2, 0.25) is 0 Å². The van der Waals surface area contributed by atoms with Crippen molar-refractivity contribution < 1.29 is 4.74 Å². The van der Waals surface area contributed by atoms with Crippen LogP contribution in [-0.2, 0) is 0 Å². The molecule has 1 aromatic carbocycles. The van der Waals surface area contributed by atoms with Gasteiger partial charge >= 0.3 is 0 Å². The van der Waals surface area contributed by atoms with Gasteiger partial charge in [0.1, 0.15) is 23.2 Å². The molecule has 0 amide bonds. The molecule has 1 aromatic heterocycles. The standard InChI is InChI=1S/C15H15N3O2/c1-2-3-8-20-13-6-4-11(5-7-13)14-17-10-12(9-16)15(19)18-14/h4-7,10H,2-3,8H2,1H3,(H,17,18,19). The Kier molecular flexibility index (Phi) is 4.51. The van der Waals surface area contributed by atoms with Gasteiger partial charge in [-0.25, -0.2) is 4.98 Å². The van der Waals surface area contributed by atoms with Gasteiger partial charge in [0, 0.05) is 5.56 Å². The maximum atomic E-state index is 11.5. The number of H-pyrrole nitrogens is 1. The van der Waals surface area contributed by atoms with Crippen molar-refractivity contribution in [3.63, 3.8) is 0 Å². The third kappa shape index (κ3) is 3.23. The maximum Gasteiger partial charge on any atom is 0.269 e. The number of nitrogens with zero attached hydrogens (tertiary/aromatic N) is 2. The van der Waals surface area contributed by atoms with Gasteiger partial charge in [-0.2, -0.15) is 5.26 Å². The van der Waals surface area contributed by atoms with Crippen molar-refractivity contribution >= 4 is 0 Å². The normalized spacial score (nSPS) is 10.0. The zero-order valence-electron chi connectivity index (χ0n) is 11.2. The van der Waals surface area contributed by atoms with E-state index in [1.165, 1.54) is 6.20 Å². The molecule has 0 aliphatic carbocycles. The van der Waals surface area contributed by atoms with Crippen molar-refractivity contribution in [1.82, 2.24) is 9.97 Å². The molecule has 0 bridgehead atoms. The summed E-state index contributed by atoms with van der Waals surface area (Å²) in [5.74, 6) is 1.23. The summed E-state index contributed by atoms with van der Waals surface area (Å²) in [4.78, 5) is 18.2. The Morgan fingerprint density at radius 2 is 2.10 bits per heavy atom. The number of unbranched alkanes of at least 4 members (excludes halogenated alkanes) is 1. The molecule has 0 saturated heterocycles. The molecule has 2 rings (SSSR count). The van der Waals surface area contributed by atoms with Crippen LogP contribution in [0.2, 0.25) is 0 Å². The Balaban J connectivity index is 2.16. The lowest BCUT2D eigenvalue weighted by Crippen LogP contribution is -2.12. The summed E-state index contributed by atoms with van der Waals surface area (Å²) in [5, 5.41) is 8.69. The van der Waals surface area contributed by atoms with Gasteiger partial charge in [-0.05, 0) is 30.7 Å². The number of aromatic nitrogens is 2. The average molecular weight is 269 g/mol. The molecular weight excluding hydrogens is 254 g/mol. The van der Waals surface area contributed by atoms with Crippen LogP contribution in [-0.4, -0.2) is 16.6 Å². The molecule has 5 heteroatoms. The van der Waals surface area contributed by atoms with E-state index in [-0.39, 0.29) is 5.56 Å². The second-order valence-corrected chi connectivity index (χ2v) is 4.31. The summed E-state index contributed by atoms with van der Waals surface area (Å²) in [5.41, 5.74) is 0.350. The lowest BCUT2D eigenvalue weighted by Gasteiger charge is -2.06. The van der Waals surface area contributed by atoms with Crippen molar-refractivity contribution in [2.75, 3.05) is 6.61 Å². The van der Waals surface area contributed by atoms with Crippen LogP contribution in [0.5, 0.6) is 5.75 Å². The van der Waals surface area contributed by atoms with Gasteiger partial charge in [0.15, 0.2) is 0 Å². The fraction of sp³-hybridized carbons (Fsp3) is 0.267. The third-order valence-electron chi connectivity index (χ3n) is 2.81. The van der Waals surface area contributed by atoms with Gasteiger partial charge in [-0.15, -0.1) is 0 Å². The summed E-state index contributed by atoms with van der Waals surface area (Å²) in [6.45, 7) is 2.81. The summed E-state index contributed by atoms with van der Waals surface area (Å²) < 4.78 is 5.56. The number of nitriles is 1. The highest BCUT2D eigenvalue weighted by Gasteiger charge is 2.04. The molecule has 0 aliphatic heterocycles. The van der Waals surface area contributed by atoms with Crippen molar-refractivity contribution in [3.8, 4) is 23.2 Å². The molecule has 5 nitrogen and oxygen atoms in total. The lowest BCUT2D eigenvalue weighted by atomic mass is 10.2. The third-order valence-corrected chi connectivity index (χ3v) is 2.81. The minimum atomic E-state index is -0.430. The molecular formula is C15H15N3O2. The van der Waals surface area contributed by atoms with E-state index in [0.717, 1.165) is 24.2 Å². The molecule has 0 aliphatic rings. The first-order valence-corrected chi connectivity index (χ1v) is 6.47. The van der Waals surface area contributed by atoms with Crippen LogP contribution in [0.1, 0.15) is 25.3 Å². The van der Waals surface area contributed by atoms with E-state index >= 15 is 0 Å². The number of rotatable bonds is 5. The van der Waals surface area contributed by atoms with Crippen LogP contribution in [0.4, 0.5) is 0 Å². The number of hydrogen-bond donors (Lipinski definition) is 1. The highest BCUT2D eigenvalue weighted by molar-refractivity contribution is 5.56. The molecule has 2 aromatic rings. The van der Waals surface area contributed by atoms with Crippen LogP contribution in [0.15, 0.2) is 35.3 Å². The predicted molar refractivity (Wildman–Crippen MR) is 75.4 cm³/mol. The summed E-state index contributed by atoms with van der Waals surface area (Å²) >= 11 is 0. The molecule has 0 saturated carbocycles. The predicted octanol–water partition coefficient (Wildman–Crippen LogP) is 2.49. The summed E-state index contributed by atoms with van der Waals surface area (Å²) in [6, 6.07) is 9.11. The Morgan fingerprint density at radius 3 is 2.70 bits per heavy atom. The van der Waals surface area contributed by atoms with Crippen molar-refractivity contribution in [1.29, 1.82) is 5.26 Å². The number of hydrogen-bond acceptors (Lipinski definition) is 4. The van der Waals surface area contributed by atoms with Crippen LogP contribution in [0.25, 0.3) is 11.4 Å². The summed E-state index contributed by atoms with van der Waals surface area (Å²) in [7, 11) is 0. The Morgan fingerprint density at radius 1 is 1.35 bits per heavy atom. The van der Waals surface area contributed by atoms with Gasteiger partial charge < -0.3 is 9.72 Å². The van der Waals surface area contributed by atoms with Gasteiger partial charge in [0.05, 0.1) is 12.8 Å². The average Bonchev–Trinajstić information content (AvgIpc) is 2.48. The van der Waals surface area contributed by atoms with Crippen LogP contribution >= 0.6 is 0 Å². The van der Waals surface area contributed by atoms with E-state index in [9.17, 15) is 4.79 Å². The molecule has 0 fully saturated rings. The van der Waals surface area contributed by atoms with Crippen LogP contribution < -0.4 is 10.3 Å². The van der Waals surface area contributed by atoms with E-state index < -0.39 is 5.56 Å². The fourth-order valence-corrected chi connectivity index (χ4v) is 1.66. The number of benzene rings is 1. The smallest absolute Gasteiger partial charge is 0.269 e. The minimum absolute atomic E-state index is 0.00766. The summed E-state index contributed by atoms with van der Waals surface area (Å²) in [6.07, 6.45) is 3.39. The van der Waals surface area contributed by atoms with Crippen LogP contribution in [0.3, 0.4) is 0 Å². The Bertz CT molecular complexity index is 669. The van der Waals surface area contributed by atoms with E-state index in [2.05, 4.69) is 16.9 Å². The Labute approximate surface area is 116 Å². The second kappa shape index (κ2) is 6.53. The molecule has 0 unspecified atom stereocenters. The first kappa shape index (κ1) is 13.8. The van der Waals surface area contributed by atoms with E-state index in [1.54, 1.807) is 6.07 Å². The molecule has 0 radical (unpaired) electrons. The zero-order valence-corrected chi connectivity index (χ0v) is 11.2. The van der Waals surface area contributed by atoms with E-state index in [1.807, 2.05) is 24.3 Å². The molecule has 0 spiro atoms. The van der Waals surface area contributed by atoms with E-state index in [0.29, 0.717) is 12.4 Å². The molecule has 102 valence electrons. The highest BCUT2D eigenvalue weighted by Crippen LogP contribution is 2.18. The molecule has 1 N–H and O–H groups in total.